The average Bonchev–Trinajstić information content (AvgIpc) is 2.78. The van der Waals surface area contributed by atoms with Crippen LogP contribution in [0.5, 0.6) is 5.75 Å². The van der Waals surface area contributed by atoms with Gasteiger partial charge in [-0.3, -0.25) is 0 Å². The summed E-state index contributed by atoms with van der Waals surface area (Å²) in [5.74, 6) is 1.19. The van der Waals surface area contributed by atoms with Crippen molar-refractivity contribution >= 4 is 0 Å². The van der Waals surface area contributed by atoms with E-state index < -0.39 is 6.17 Å². The minimum absolute atomic E-state index is 0.0714. The van der Waals surface area contributed by atoms with Crippen LogP contribution in [0.1, 0.15) is 90.0 Å². The van der Waals surface area contributed by atoms with Crippen LogP contribution in [0.3, 0.4) is 0 Å². The Morgan fingerprint density at radius 3 is 2.07 bits per heavy atom. The molecule has 1 aromatic carbocycles. The fourth-order valence-corrected chi connectivity index (χ4v) is 3.53. The average molecular weight is 415 g/mol. The predicted octanol–water partition coefficient (Wildman–Crippen LogP) is 7.73. The van der Waals surface area contributed by atoms with E-state index in [0.717, 1.165) is 24.8 Å². The first-order chi connectivity index (χ1) is 14.7. The molecule has 0 fully saturated rings. The highest BCUT2D eigenvalue weighted by atomic mass is 19.1. The van der Waals surface area contributed by atoms with Gasteiger partial charge in [0.15, 0.2) is 11.6 Å². The Labute approximate surface area is 182 Å². The first kappa shape index (κ1) is 24.3. The van der Waals surface area contributed by atoms with Crippen LogP contribution in [0.2, 0.25) is 0 Å². The number of benzene rings is 1. The molecule has 0 bridgehead atoms. The fraction of sp³-hybridized carbons (Fsp3) is 0.615. The van der Waals surface area contributed by atoms with Gasteiger partial charge in [0.25, 0.3) is 0 Å². The molecule has 0 amide bonds. The Bertz CT molecular complexity index is 672. The zero-order valence-electron chi connectivity index (χ0n) is 18.9. The molecule has 2 aromatic rings. The number of ether oxygens (including phenoxy) is 1. The molecule has 30 heavy (non-hydrogen) atoms. The van der Waals surface area contributed by atoms with Crippen LogP contribution in [0.4, 0.5) is 4.39 Å². The molecule has 1 heterocycles. The molecule has 3 nitrogen and oxygen atoms in total. The second-order valence-electron chi connectivity index (χ2n) is 8.21. The van der Waals surface area contributed by atoms with Crippen molar-refractivity contribution in [1.82, 2.24) is 9.97 Å². The molecule has 0 aliphatic carbocycles. The van der Waals surface area contributed by atoms with E-state index in [-0.39, 0.29) is 6.61 Å². The second-order valence-corrected chi connectivity index (χ2v) is 8.21. The summed E-state index contributed by atoms with van der Waals surface area (Å²) in [4.78, 5) is 8.78. The zero-order valence-corrected chi connectivity index (χ0v) is 18.9. The van der Waals surface area contributed by atoms with Gasteiger partial charge in [0.1, 0.15) is 12.8 Å². The van der Waals surface area contributed by atoms with Gasteiger partial charge in [-0.25, -0.2) is 14.4 Å². The number of unbranched alkanes of at least 4 members (excludes halogenated alkanes) is 8. The van der Waals surface area contributed by atoms with Crippen LogP contribution in [0.15, 0.2) is 36.7 Å². The lowest BCUT2D eigenvalue weighted by molar-refractivity contribution is 0.183. The summed E-state index contributed by atoms with van der Waals surface area (Å²) in [5.41, 5.74) is 2.36. The number of aryl methyl sites for hydroxylation is 1. The van der Waals surface area contributed by atoms with E-state index in [2.05, 4.69) is 48.1 Å². The minimum Gasteiger partial charge on any atom is -0.487 e. The van der Waals surface area contributed by atoms with Crippen LogP contribution >= 0.6 is 0 Å². The number of hydrogen-bond acceptors (Lipinski definition) is 3. The number of aromatic nitrogens is 2. The summed E-state index contributed by atoms with van der Waals surface area (Å²) in [6.45, 7) is 4.48. The quantitative estimate of drug-likeness (QED) is 0.264. The number of hydrogen-bond donors (Lipinski definition) is 0. The fourth-order valence-electron chi connectivity index (χ4n) is 3.53. The highest BCUT2D eigenvalue weighted by Crippen LogP contribution is 2.19. The third-order valence-electron chi connectivity index (χ3n) is 5.46. The van der Waals surface area contributed by atoms with Crippen molar-refractivity contribution in [1.29, 1.82) is 0 Å². The third kappa shape index (κ3) is 9.69. The summed E-state index contributed by atoms with van der Waals surface area (Å²) < 4.78 is 19.4. The van der Waals surface area contributed by atoms with Crippen molar-refractivity contribution in [3.8, 4) is 17.1 Å². The van der Waals surface area contributed by atoms with Gasteiger partial charge < -0.3 is 4.74 Å². The zero-order chi connectivity index (χ0) is 21.4. The predicted molar refractivity (Wildman–Crippen MR) is 124 cm³/mol. The van der Waals surface area contributed by atoms with Crippen LogP contribution < -0.4 is 4.74 Å². The smallest absolute Gasteiger partial charge is 0.159 e. The molecule has 0 N–H and O–H groups in total. The Kier molecular flexibility index (Phi) is 12.1. The Hall–Kier alpha value is -1.97. The van der Waals surface area contributed by atoms with Crippen molar-refractivity contribution < 1.29 is 9.13 Å². The molecule has 0 saturated heterocycles. The lowest BCUT2D eigenvalue weighted by Gasteiger charge is -2.10. The normalized spacial score (nSPS) is 12.1. The first-order valence-corrected chi connectivity index (χ1v) is 11.9. The molecular formula is C26H39FN2O. The van der Waals surface area contributed by atoms with E-state index in [1.165, 1.54) is 56.9 Å². The number of nitrogens with zero attached hydrogens (tertiary/aromatic N) is 2. The summed E-state index contributed by atoms with van der Waals surface area (Å²) in [7, 11) is 0. The molecular weight excluding hydrogens is 375 g/mol. The van der Waals surface area contributed by atoms with Crippen molar-refractivity contribution in [2.45, 2.75) is 97.1 Å². The van der Waals surface area contributed by atoms with Crippen molar-refractivity contribution in [2.75, 3.05) is 6.61 Å². The molecule has 4 heteroatoms. The van der Waals surface area contributed by atoms with Crippen LogP contribution in [0.25, 0.3) is 11.4 Å². The topological polar surface area (TPSA) is 35.0 Å². The molecule has 2 rings (SSSR count). The van der Waals surface area contributed by atoms with Crippen molar-refractivity contribution in [3.05, 3.63) is 42.2 Å². The minimum atomic E-state index is -0.930. The molecule has 0 aliphatic rings. The van der Waals surface area contributed by atoms with Crippen molar-refractivity contribution in [2.24, 2.45) is 0 Å². The third-order valence-corrected chi connectivity index (χ3v) is 5.46. The van der Waals surface area contributed by atoms with E-state index in [1.54, 1.807) is 12.4 Å². The van der Waals surface area contributed by atoms with Gasteiger partial charge in [0, 0.05) is 5.56 Å². The van der Waals surface area contributed by atoms with Gasteiger partial charge in [-0.2, -0.15) is 0 Å². The molecule has 1 atom stereocenters. The van der Waals surface area contributed by atoms with E-state index in [1.807, 2.05) is 0 Å². The standard InChI is InChI=1S/C26H39FN2O/c1-3-5-7-9-10-11-13-22-15-17-23(18-16-22)26-28-19-25(20-29-26)30-21-24(27)14-12-8-6-4-2/h15-20,24H,3-14,21H2,1-2H3/t24-/m0/s1. The van der Waals surface area contributed by atoms with Gasteiger partial charge >= 0.3 is 0 Å². The van der Waals surface area contributed by atoms with Crippen LogP contribution in [-0.4, -0.2) is 22.7 Å². The Balaban J connectivity index is 1.72. The van der Waals surface area contributed by atoms with Crippen LogP contribution in [0, 0.1) is 0 Å². The van der Waals surface area contributed by atoms with Crippen LogP contribution in [-0.2, 0) is 6.42 Å². The van der Waals surface area contributed by atoms with E-state index in [0.29, 0.717) is 18.0 Å². The molecule has 0 unspecified atom stereocenters. The lowest BCUT2D eigenvalue weighted by Crippen LogP contribution is -2.13. The summed E-state index contributed by atoms with van der Waals surface area (Å²) in [6.07, 6.45) is 16.3. The number of halogens is 1. The van der Waals surface area contributed by atoms with E-state index in [4.69, 9.17) is 4.74 Å². The lowest BCUT2D eigenvalue weighted by atomic mass is 10.0. The highest BCUT2D eigenvalue weighted by molar-refractivity contribution is 5.55. The monoisotopic (exact) mass is 414 g/mol. The van der Waals surface area contributed by atoms with Gasteiger partial charge in [0.05, 0.1) is 12.4 Å². The van der Waals surface area contributed by atoms with E-state index in [9.17, 15) is 4.39 Å². The molecule has 0 saturated carbocycles. The summed E-state index contributed by atoms with van der Waals surface area (Å²) >= 11 is 0. The summed E-state index contributed by atoms with van der Waals surface area (Å²) in [6, 6.07) is 8.50. The highest BCUT2D eigenvalue weighted by Gasteiger charge is 2.08. The first-order valence-electron chi connectivity index (χ1n) is 11.9. The Morgan fingerprint density at radius 2 is 1.40 bits per heavy atom. The summed E-state index contributed by atoms with van der Waals surface area (Å²) in [5, 5.41) is 0. The van der Waals surface area contributed by atoms with Gasteiger partial charge in [-0.1, -0.05) is 95.9 Å². The number of alkyl halides is 1. The molecule has 166 valence electrons. The molecule has 0 spiro atoms. The maximum absolute atomic E-state index is 13.9. The molecule has 1 aromatic heterocycles. The Morgan fingerprint density at radius 1 is 0.800 bits per heavy atom. The SMILES string of the molecule is CCCCCCCCc1ccc(-c2ncc(OC[C@@H](F)CCCCCC)cn2)cc1. The van der Waals surface area contributed by atoms with Gasteiger partial charge in [-0.05, 0) is 24.8 Å². The maximum Gasteiger partial charge on any atom is 0.159 e. The van der Waals surface area contributed by atoms with E-state index >= 15 is 0 Å². The molecule has 0 radical (unpaired) electrons. The van der Waals surface area contributed by atoms with Gasteiger partial charge in [-0.15, -0.1) is 0 Å². The largest absolute Gasteiger partial charge is 0.487 e. The van der Waals surface area contributed by atoms with Crippen molar-refractivity contribution in [3.63, 3.8) is 0 Å². The maximum atomic E-state index is 13.9. The van der Waals surface area contributed by atoms with Gasteiger partial charge in [0.2, 0.25) is 0 Å². The molecule has 0 aliphatic heterocycles. The number of rotatable bonds is 16. The second kappa shape index (κ2) is 14.9.